The Balaban J connectivity index is 0.000000269. The number of phenolic OH excluding ortho intramolecular Hbond substituents is 1. The van der Waals surface area contributed by atoms with E-state index in [1.807, 2.05) is 37.3 Å². The Bertz CT molecular complexity index is 1280. The summed E-state index contributed by atoms with van der Waals surface area (Å²) in [6.45, 7) is 3.72. The molecule has 0 aliphatic carbocycles. The average molecular weight is 561 g/mol. The first-order chi connectivity index (χ1) is 16.9. The standard InChI is InChI=1S/C15H18N4O2.C8H10AsNO5/c1-10-5-3-6-12(19-15(20)21-2)11(10)9-18-13-7-4-8-17-14(13)16;1-5(11)10-7-4-6(9(13,14)15)2-3-8(7)12/h3-8,18H,9H2,1-2H3,(H2,16,17)(H,19,20);2-4,12H,1H3,(H,10,11)(H2,13,14,15). The van der Waals surface area contributed by atoms with Crippen LogP contribution in [0.4, 0.5) is 27.7 Å². The summed E-state index contributed by atoms with van der Waals surface area (Å²) in [4.78, 5) is 26.1. The van der Waals surface area contributed by atoms with E-state index < -0.39 is 26.2 Å². The molecule has 3 aromatic rings. The molecule has 13 heteroatoms. The van der Waals surface area contributed by atoms with Crippen molar-refractivity contribution in [1.82, 2.24) is 4.98 Å². The smallest absolute Gasteiger partial charge is 0.411 e. The van der Waals surface area contributed by atoms with E-state index in [2.05, 4.69) is 25.7 Å². The van der Waals surface area contributed by atoms with Crippen molar-refractivity contribution in [2.45, 2.75) is 20.4 Å². The monoisotopic (exact) mass is 561 g/mol. The minimum absolute atomic E-state index is 0.00951. The van der Waals surface area contributed by atoms with Crippen molar-refractivity contribution in [3.63, 3.8) is 0 Å². The molecule has 0 fully saturated rings. The van der Waals surface area contributed by atoms with E-state index in [1.54, 1.807) is 6.20 Å². The van der Waals surface area contributed by atoms with Crippen LogP contribution < -0.4 is 26.0 Å². The van der Waals surface area contributed by atoms with Gasteiger partial charge in [0.05, 0.1) is 12.8 Å². The third-order valence-corrected chi connectivity index (χ3v) is 6.75. The first-order valence-corrected chi connectivity index (χ1v) is 13.8. The summed E-state index contributed by atoms with van der Waals surface area (Å²) < 4.78 is 33.2. The van der Waals surface area contributed by atoms with Crippen LogP contribution in [0.1, 0.15) is 18.1 Å². The number of aromatic nitrogens is 1. The summed E-state index contributed by atoms with van der Waals surface area (Å²) >= 11 is -4.98. The number of carbonyl (C=O) groups is 2. The van der Waals surface area contributed by atoms with Crippen LogP contribution in [0.5, 0.6) is 5.75 Å². The number of nitrogens with one attached hydrogen (secondary N) is 3. The molecule has 2 aromatic carbocycles. The quantitative estimate of drug-likeness (QED) is 0.172. The number of nitrogens with two attached hydrogens (primary N) is 1. The Morgan fingerprint density at radius 2 is 1.75 bits per heavy atom. The van der Waals surface area contributed by atoms with Crippen molar-refractivity contribution in [3.05, 3.63) is 65.9 Å². The fourth-order valence-corrected chi connectivity index (χ4v) is 4.15. The van der Waals surface area contributed by atoms with Crippen molar-refractivity contribution in [2.75, 3.05) is 28.8 Å². The number of aryl methyl sites for hydroxylation is 1. The first-order valence-electron chi connectivity index (χ1n) is 10.5. The van der Waals surface area contributed by atoms with Gasteiger partial charge in [-0.15, -0.1) is 0 Å². The summed E-state index contributed by atoms with van der Waals surface area (Å²) in [7, 11) is 1.33. The van der Waals surface area contributed by atoms with Crippen LogP contribution in [0.25, 0.3) is 0 Å². The van der Waals surface area contributed by atoms with Crippen LogP contribution in [0.3, 0.4) is 0 Å². The van der Waals surface area contributed by atoms with Crippen molar-refractivity contribution in [2.24, 2.45) is 0 Å². The number of methoxy groups -OCH3 is 1. The van der Waals surface area contributed by atoms with Gasteiger partial charge in [-0.25, -0.2) is 9.78 Å². The van der Waals surface area contributed by atoms with Crippen LogP contribution in [-0.2, 0) is 19.8 Å². The fourth-order valence-electron chi connectivity index (χ4n) is 2.96. The zero-order valence-electron chi connectivity index (χ0n) is 19.8. The number of ether oxygens (including phenoxy) is 1. The molecule has 0 radical (unpaired) electrons. The Hall–Kier alpha value is -3.99. The van der Waals surface area contributed by atoms with Crippen molar-refractivity contribution < 1.29 is 31.4 Å². The van der Waals surface area contributed by atoms with Crippen molar-refractivity contribution in [3.8, 4) is 5.75 Å². The maximum absolute atomic E-state index is 11.4. The van der Waals surface area contributed by atoms with Crippen molar-refractivity contribution >= 4 is 53.4 Å². The number of hydrogen-bond donors (Lipinski definition) is 7. The fraction of sp³-hybridized carbons (Fsp3) is 0.174. The molecule has 3 rings (SSSR count). The van der Waals surface area contributed by atoms with E-state index in [9.17, 15) is 18.4 Å². The number of hydrogen-bond acceptors (Lipinski definition) is 8. The van der Waals surface area contributed by atoms with Gasteiger partial charge in [0.15, 0.2) is 0 Å². The molecule has 0 saturated heterocycles. The predicted molar refractivity (Wildman–Crippen MR) is 136 cm³/mol. The number of anilines is 4. The summed E-state index contributed by atoms with van der Waals surface area (Å²) in [5.41, 5.74) is 9.27. The van der Waals surface area contributed by atoms with Gasteiger partial charge in [-0.1, -0.05) is 12.1 Å². The molecule has 1 heterocycles. The third-order valence-electron chi connectivity index (χ3n) is 4.75. The predicted octanol–water partition coefficient (Wildman–Crippen LogP) is 1.67. The molecule has 0 bridgehead atoms. The number of nitrogen functional groups attached to an aromatic ring is 1. The minimum atomic E-state index is -4.98. The number of carbonyl (C=O) groups excluding carboxylic acids is 2. The van der Waals surface area contributed by atoms with Crippen LogP contribution in [0.2, 0.25) is 0 Å². The second kappa shape index (κ2) is 12.6. The number of amides is 2. The van der Waals surface area contributed by atoms with E-state index in [4.69, 9.17) is 13.9 Å². The number of pyridine rings is 1. The number of nitrogens with zero attached hydrogens (tertiary/aromatic N) is 1. The zero-order valence-corrected chi connectivity index (χ0v) is 21.7. The normalized spacial score (nSPS) is 10.5. The molecule has 192 valence electrons. The maximum Gasteiger partial charge on any atom is 0.411 e. The Labute approximate surface area is 210 Å². The molecule has 0 aliphatic heterocycles. The molecule has 0 aliphatic rings. The molecule has 8 N–H and O–H groups in total. The molecular weight excluding hydrogens is 533 g/mol. The average Bonchev–Trinajstić information content (AvgIpc) is 2.80. The van der Waals surface area contributed by atoms with Crippen LogP contribution >= 0.6 is 0 Å². The number of phenols is 1. The van der Waals surface area contributed by atoms with Gasteiger partial charge in [0.2, 0.25) is 0 Å². The molecule has 0 unspecified atom stereocenters. The Morgan fingerprint density at radius 1 is 1.06 bits per heavy atom. The van der Waals surface area contributed by atoms with Gasteiger partial charge in [0.25, 0.3) is 0 Å². The van der Waals surface area contributed by atoms with Gasteiger partial charge in [0, 0.05) is 18.4 Å². The van der Waals surface area contributed by atoms with E-state index in [0.717, 1.165) is 35.0 Å². The van der Waals surface area contributed by atoms with E-state index >= 15 is 0 Å². The van der Waals surface area contributed by atoms with E-state index in [0.29, 0.717) is 18.1 Å². The molecular formula is C23H28AsN5O7. The van der Waals surface area contributed by atoms with Gasteiger partial charge >= 0.3 is 94.2 Å². The van der Waals surface area contributed by atoms with Crippen LogP contribution in [-0.4, -0.2) is 51.6 Å². The molecule has 0 spiro atoms. The van der Waals surface area contributed by atoms with Gasteiger partial charge < -0.3 is 15.8 Å². The summed E-state index contributed by atoms with van der Waals surface area (Å²) in [6.07, 6.45) is 1.14. The second-order valence-electron chi connectivity index (χ2n) is 7.43. The summed E-state index contributed by atoms with van der Waals surface area (Å²) in [5.74, 6) is -0.230. The topological polar surface area (TPSA) is 196 Å². The SMILES string of the molecule is CC(=O)Nc1cc([As](=O)(O)O)ccc1O.COC(=O)Nc1cccc(C)c1CNc1cccnc1N. The Morgan fingerprint density at radius 3 is 2.36 bits per heavy atom. The second-order valence-corrected chi connectivity index (χ2v) is 10.8. The molecule has 2 amide bonds. The number of benzene rings is 2. The van der Waals surface area contributed by atoms with Crippen molar-refractivity contribution in [1.29, 1.82) is 0 Å². The van der Waals surface area contributed by atoms with Gasteiger partial charge in [-0.2, -0.15) is 0 Å². The molecule has 36 heavy (non-hydrogen) atoms. The summed E-state index contributed by atoms with van der Waals surface area (Å²) in [5, 5.41) is 17.5. The maximum atomic E-state index is 11.4. The van der Waals surface area contributed by atoms with E-state index in [1.165, 1.54) is 14.0 Å². The molecule has 1 aromatic heterocycles. The first kappa shape index (κ1) is 28.2. The molecule has 0 saturated carbocycles. The Kier molecular flexibility index (Phi) is 9.91. The van der Waals surface area contributed by atoms with Gasteiger partial charge in [0.1, 0.15) is 5.82 Å². The minimum Gasteiger partial charge on any atom is -0.453 e. The summed E-state index contributed by atoms with van der Waals surface area (Å²) in [6, 6.07) is 12.7. The third kappa shape index (κ3) is 8.35. The van der Waals surface area contributed by atoms with Gasteiger partial charge in [-0.3, -0.25) is 5.32 Å². The zero-order chi connectivity index (χ0) is 26.9. The number of rotatable bonds is 6. The number of aromatic hydroxyl groups is 1. The molecule has 0 atom stereocenters. The van der Waals surface area contributed by atoms with E-state index in [-0.39, 0.29) is 15.8 Å². The molecule has 12 nitrogen and oxygen atoms in total. The van der Waals surface area contributed by atoms with Gasteiger partial charge in [-0.05, 0) is 36.2 Å². The van der Waals surface area contributed by atoms with Crippen LogP contribution in [0.15, 0.2) is 54.7 Å². The van der Waals surface area contributed by atoms with Crippen LogP contribution in [0, 0.1) is 6.92 Å². The largest absolute Gasteiger partial charge is 0.453 e.